The summed E-state index contributed by atoms with van der Waals surface area (Å²) < 4.78 is 5.16. The first kappa shape index (κ1) is 11.4. The normalized spacial score (nSPS) is 11.1. The van der Waals surface area contributed by atoms with Gasteiger partial charge in [-0.3, -0.25) is 9.78 Å². The van der Waals surface area contributed by atoms with E-state index in [2.05, 4.69) is 9.97 Å². The topological polar surface area (TPSA) is 75.0 Å². The zero-order chi connectivity index (χ0) is 12.6. The monoisotopic (exact) mass is 234 g/mol. The van der Waals surface area contributed by atoms with Crippen molar-refractivity contribution in [3.05, 3.63) is 38.5 Å². The summed E-state index contributed by atoms with van der Waals surface area (Å²) in [6.45, 7) is 3.97. The number of aromatic amines is 2. The number of methoxy groups -OCH3 is 1. The van der Waals surface area contributed by atoms with Crippen LogP contribution in [0.3, 0.4) is 0 Å². The molecule has 0 bridgehead atoms. The molecule has 2 aromatic rings. The maximum atomic E-state index is 11.8. The second kappa shape index (κ2) is 4.08. The number of benzene rings is 1. The molecule has 0 unspecified atom stereocenters. The maximum absolute atomic E-state index is 11.8. The van der Waals surface area contributed by atoms with Gasteiger partial charge in [-0.1, -0.05) is 13.8 Å². The van der Waals surface area contributed by atoms with Gasteiger partial charge in [0.2, 0.25) is 0 Å². The molecule has 0 aliphatic carbocycles. The van der Waals surface area contributed by atoms with E-state index in [0.29, 0.717) is 16.7 Å². The van der Waals surface area contributed by atoms with Crippen LogP contribution in [0, 0.1) is 0 Å². The van der Waals surface area contributed by atoms with Crippen LogP contribution in [0.1, 0.15) is 25.3 Å². The van der Waals surface area contributed by atoms with Crippen LogP contribution in [0.15, 0.2) is 21.7 Å². The third kappa shape index (κ3) is 1.95. The van der Waals surface area contributed by atoms with Crippen LogP contribution in [-0.4, -0.2) is 17.1 Å². The van der Waals surface area contributed by atoms with Crippen LogP contribution < -0.4 is 16.0 Å². The summed E-state index contributed by atoms with van der Waals surface area (Å²) in [6.07, 6.45) is 0. The molecule has 1 heterocycles. The minimum atomic E-state index is -0.509. The Morgan fingerprint density at radius 1 is 1.18 bits per heavy atom. The summed E-state index contributed by atoms with van der Waals surface area (Å²) in [4.78, 5) is 27.9. The van der Waals surface area contributed by atoms with E-state index in [0.717, 1.165) is 5.56 Å². The van der Waals surface area contributed by atoms with E-state index in [1.54, 1.807) is 13.2 Å². The Morgan fingerprint density at radius 3 is 2.47 bits per heavy atom. The van der Waals surface area contributed by atoms with E-state index in [4.69, 9.17) is 4.74 Å². The van der Waals surface area contributed by atoms with Crippen molar-refractivity contribution in [2.75, 3.05) is 7.11 Å². The first-order valence-corrected chi connectivity index (χ1v) is 5.37. The van der Waals surface area contributed by atoms with E-state index in [1.165, 1.54) is 0 Å². The van der Waals surface area contributed by atoms with Gasteiger partial charge in [0.15, 0.2) is 0 Å². The van der Waals surface area contributed by atoms with E-state index < -0.39 is 5.69 Å². The van der Waals surface area contributed by atoms with Crippen LogP contribution in [0.2, 0.25) is 0 Å². The van der Waals surface area contributed by atoms with E-state index in [1.807, 2.05) is 19.9 Å². The van der Waals surface area contributed by atoms with Crippen molar-refractivity contribution in [2.24, 2.45) is 0 Å². The Balaban J connectivity index is 2.96. The average molecular weight is 234 g/mol. The van der Waals surface area contributed by atoms with Gasteiger partial charge in [-0.25, -0.2) is 4.79 Å². The lowest BCUT2D eigenvalue weighted by molar-refractivity contribution is 0.414. The minimum absolute atomic E-state index is 0.166. The molecule has 0 atom stereocenters. The number of aromatic nitrogens is 2. The molecule has 0 radical (unpaired) electrons. The largest absolute Gasteiger partial charge is 0.497 e. The van der Waals surface area contributed by atoms with Gasteiger partial charge in [-0.05, 0) is 17.5 Å². The molecule has 17 heavy (non-hydrogen) atoms. The summed E-state index contributed by atoms with van der Waals surface area (Å²) >= 11 is 0. The summed E-state index contributed by atoms with van der Waals surface area (Å²) in [5.74, 6) is 0.794. The third-order valence-electron chi connectivity index (χ3n) is 2.70. The fraction of sp³-hybridized carbons (Fsp3) is 0.333. The van der Waals surface area contributed by atoms with Gasteiger partial charge in [0.25, 0.3) is 5.56 Å². The Bertz CT molecular complexity index is 667. The molecule has 5 heteroatoms. The lowest BCUT2D eigenvalue weighted by Crippen LogP contribution is -2.23. The number of hydrogen-bond donors (Lipinski definition) is 2. The standard InChI is InChI=1S/C12H14N2O3/c1-6(2)8-4-7(17-3)5-9-10(8)11(15)14-12(16)13-9/h4-6H,1-3H3,(H2,13,14,15,16). The number of hydrogen-bond acceptors (Lipinski definition) is 3. The zero-order valence-corrected chi connectivity index (χ0v) is 9.96. The van der Waals surface area contributed by atoms with Crippen molar-refractivity contribution in [3.63, 3.8) is 0 Å². The van der Waals surface area contributed by atoms with Crippen LogP contribution in [0.4, 0.5) is 0 Å². The van der Waals surface area contributed by atoms with E-state index >= 15 is 0 Å². The van der Waals surface area contributed by atoms with Crippen molar-refractivity contribution in [1.82, 2.24) is 9.97 Å². The highest BCUT2D eigenvalue weighted by atomic mass is 16.5. The number of fused-ring (bicyclic) bond motifs is 1. The van der Waals surface area contributed by atoms with Gasteiger partial charge in [0.05, 0.1) is 18.0 Å². The van der Waals surface area contributed by atoms with Gasteiger partial charge < -0.3 is 9.72 Å². The first-order valence-electron chi connectivity index (χ1n) is 5.37. The maximum Gasteiger partial charge on any atom is 0.326 e. The lowest BCUT2D eigenvalue weighted by atomic mass is 9.98. The van der Waals surface area contributed by atoms with Gasteiger partial charge in [0, 0.05) is 6.07 Å². The highest BCUT2D eigenvalue weighted by Gasteiger charge is 2.12. The van der Waals surface area contributed by atoms with Crippen LogP contribution in [0.5, 0.6) is 5.75 Å². The number of ether oxygens (including phenoxy) is 1. The molecule has 0 spiro atoms. The SMILES string of the molecule is COc1cc(C(C)C)c2c(=O)[nH]c(=O)[nH]c2c1. The highest BCUT2D eigenvalue weighted by molar-refractivity contribution is 5.83. The van der Waals surface area contributed by atoms with Gasteiger partial charge in [-0.15, -0.1) is 0 Å². The Morgan fingerprint density at radius 2 is 1.88 bits per heavy atom. The highest BCUT2D eigenvalue weighted by Crippen LogP contribution is 2.26. The molecule has 5 nitrogen and oxygen atoms in total. The molecule has 0 saturated carbocycles. The van der Waals surface area contributed by atoms with Crippen LogP contribution in [0.25, 0.3) is 10.9 Å². The molecule has 0 saturated heterocycles. The third-order valence-corrected chi connectivity index (χ3v) is 2.70. The van der Waals surface area contributed by atoms with Crippen molar-refractivity contribution in [2.45, 2.75) is 19.8 Å². The van der Waals surface area contributed by atoms with Crippen molar-refractivity contribution < 1.29 is 4.74 Å². The Kier molecular flexibility index (Phi) is 2.75. The van der Waals surface area contributed by atoms with Crippen LogP contribution >= 0.6 is 0 Å². The second-order valence-electron chi connectivity index (χ2n) is 4.20. The molecule has 0 aliphatic rings. The second-order valence-corrected chi connectivity index (χ2v) is 4.20. The quantitative estimate of drug-likeness (QED) is 0.823. The summed E-state index contributed by atoms with van der Waals surface area (Å²) in [7, 11) is 1.55. The predicted octanol–water partition coefficient (Wildman–Crippen LogP) is 1.35. The van der Waals surface area contributed by atoms with Crippen molar-refractivity contribution in [1.29, 1.82) is 0 Å². The number of H-pyrrole nitrogens is 2. The molecular formula is C12H14N2O3. The fourth-order valence-corrected chi connectivity index (χ4v) is 1.88. The predicted molar refractivity (Wildman–Crippen MR) is 65.8 cm³/mol. The molecule has 0 fully saturated rings. The first-order chi connectivity index (χ1) is 8.02. The molecule has 2 N–H and O–H groups in total. The smallest absolute Gasteiger partial charge is 0.326 e. The van der Waals surface area contributed by atoms with Gasteiger partial charge >= 0.3 is 5.69 Å². The molecule has 0 aliphatic heterocycles. The summed E-state index contributed by atoms with van der Waals surface area (Å²) in [5, 5.41) is 0.514. The minimum Gasteiger partial charge on any atom is -0.497 e. The molecule has 2 rings (SSSR count). The molecule has 1 aromatic heterocycles. The van der Waals surface area contributed by atoms with E-state index in [-0.39, 0.29) is 11.5 Å². The number of nitrogens with one attached hydrogen (secondary N) is 2. The zero-order valence-electron chi connectivity index (χ0n) is 9.96. The fourth-order valence-electron chi connectivity index (χ4n) is 1.88. The summed E-state index contributed by atoms with van der Waals surface area (Å²) in [5.41, 5.74) is 0.485. The van der Waals surface area contributed by atoms with Crippen molar-refractivity contribution in [3.8, 4) is 5.75 Å². The number of rotatable bonds is 2. The van der Waals surface area contributed by atoms with Crippen molar-refractivity contribution >= 4 is 10.9 Å². The van der Waals surface area contributed by atoms with Gasteiger partial charge in [0.1, 0.15) is 5.75 Å². The lowest BCUT2D eigenvalue weighted by Gasteiger charge is -2.11. The molecule has 90 valence electrons. The molecule has 1 aromatic carbocycles. The van der Waals surface area contributed by atoms with Gasteiger partial charge in [-0.2, -0.15) is 0 Å². The van der Waals surface area contributed by atoms with Crippen LogP contribution in [-0.2, 0) is 0 Å². The average Bonchev–Trinajstić information content (AvgIpc) is 2.26. The summed E-state index contributed by atoms with van der Waals surface area (Å²) in [6, 6.07) is 3.47. The Labute approximate surface area is 97.4 Å². The van der Waals surface area contributed by atoms with E-state index in [9.17, 15) is 9.59 Å². The molecule has 0 amide bonds. The molecular weight excluding hydrogens is 220 g/mol. The Hall–Kier alpha value is -2.04.